The average Bonchev–Trinajstić information content (AvgIpc) is 2.98. The molecule has 0 saturated carbocycles. The molecule has 0 fully saturated rings. The van der Waals surface area contributed by atoms with E-state index in [2.05, 4.69) is 11.9 Å². The van der Waals surface area contributed by atoms with E-state index in [1.165, 1.54) is 4.57 Å². The van der Waals surface area contributed by atoms with Gasteiger partial charge in [-0.3, -0.25) is 9.36 Å². The lowest BCUT2D eigenvalue weighted by Gasteiger charge is -2.19. The van der Waals surface area contributed by atoms with Gasteiger partial charge in [-0.05, 0) is 32.9 Å². The summed E-state index contributed by atoms with van der Waals surface area (Å²) in [6, 6.07) is 13.2. The van der Waals surface area contributed by atoms with Crippen molar-refractivity contribution >= 4 is 28.6 Å². The molecule has 154 valence electrons. The van der Waals surface area contributed by atoms with Crippen molar-refractivity contribution in [2.75, 3.05) is 5.32 Å². The van der Waals surface area contributed by atoms with Gasteiger partial charge < -0.3 is 14.8 Å². The minimum Gasteiger partial charge on any atom is -0.483 e. The van der Waals surface area contributed by atoms with Crippen LogP contribution in [-0.2, 0) is 9.53 Å². The Bertz CT molecular complexity index is 1150. The predicted octanol–water partition coefficient (Wildman–Crippen LogP) is 5.37. The quantitative estimate of drug-likeness (QED) is 0.583. The monoisotopic (exact) mass is 404 g/mol. The minimum absolute atomic E-state index is 0.132. The van der Waals surface area contributed by atoms with Crippen molar-refractivity contribution in [2.24, 2.45) is 0 Å². The first-order valence-electron chi connectivity index (χ1n) is 9.83. The highest BCUT2D eigenvalue weighted by Crippen LogP contribution is 2.42. The Hall–Kier alpha value is -3.54. The third-order valence-electron chi connectivity index (χ3n) is 4.80. The summed E-state index contributed by atoms with van der Waals surface area (Å²) in [5.74, 6) is 0.423. The molecule has 1 aliphatic heterocycles. The molecule has 1 N–H and O–H groups in total. The summed E-state index contributed by atoms with van der Waals surface area (Å²) >= 11 is 0. The third kappa shape index (κ3) is 3.68. The first-order chi connectivity index (χ1) is 14.3. The molecule has 0 radical (unpaired) electrons. The number of carbonyl (C=O) groups excluding carboxylic acids is 2. The van der Waals surface area contributed by atoms with E-state index in [4.69, 9.17) is 9.47 Å². The molecule has 0 unspecified atom stereocenters. The van der Waals surface area contributed by atoms with E-state index in [1.54, 1.807) is 18.3 Å². The van der Waals surface area contributed by atoms with Gasteiger partial charge in [0.25, 0.3) is 0 Å². The van der Waals surface area contributed by atoms with Crippen LogP contribution in [0.15, 0.2) is 61.3 Å². The molecule has 6 heteroatoms. The molecule has 30 heavy (non-hydrogen) atoms. The second-order valence-electron chi connectivity index (χ2n) is 8.24. The molecule has 1 aromatic heterocycles. The standard InChI is InChI=1S/C24H24N2O4/c1-5-15-13-21(27)25-19-11-8-10-17(22(19)29-15)18-14-26(23(28)30-24(2,3)4)20-12-7-6-9-16(18)20/h5-12,14-15H,1,13H2,2-4H3,(H,25,27)/t15-/m1/s1. The van der Waals surface area contributed by atoms with Crippen LogP contribution >= 0.6 is 0 Å². The maximum absolute atomic E-state index is 12.8. The lowest BCUT2D eigenvalue weighted by atomic mass is 10.0. The predicted molar refractivity (Wildman–Crippen MR) is 117 cm³/mol. The van der Waals surface area contributed by atoms with Crippen LogP contribution < -0.4 is 10.1 Å². The molecule has 4 rings (SSSR count). The summed E-state index contributed by atoms with van der Waals surface area (Å²) in [5, 5.41) is 3.78. The summed E-state index contributed by atoms with van der Waals surface area (Å²) in [5.41, 5.74) is 2.30. The lowest BCUT2D eigenvalue weighted by molar-refractivity contribution is -0.117. The number of ether oxygens (including phenoxy) is 2. The van der Waals surface area contributed by atoms with E-state index >= 15 is 0 Å². The van der Waals surface area contributed by atoms with Crippen LogP contribution in [0, 0.1) is 0 Å². The van der Waals surface area contributed by atoms with Crippen molar-refractivity contribution in [2.45, 2.75) is 38.9 Å². The minimum atomic E-state index is -0.614. The first kappa shape index (κ1) is 19.8. The van der Waals surface area contributed by atoms with Crippen LogP contribution in [0.25, 0.3) is 22.0 Å². The van der Waals surface area contributed by atoms with Crippen LogP contribution in [0.4, 0.5) is 10.5 Å². The van der Waals surface area contributed by atoms with Crippen molar-refractivity contribution in [3.05, 3.63) is 61.3 Å². The molecular weight excluding hydrogens is 380 g/mol. The third-order valence-corrected chi connectivity index (χ3v) is 4.80. The number of carbonyl (C=O) groups is 2. The topological polar surface area (TPSA) is 69.6 Å². The zero-order valence-corrected chi connectivity index (χ0v) is 17.3. The molecule has 1 atom stereocenters. The van der Waals surface area contributed by atoms with E-state index in [0.29, 0.717) is 11.4 Å². The molecular formula is C24H24N2O4. The van der Waals surface area contributed by atoms with E-state index in [-0.39, 0.29) is 12.3 Å². The molecule has 0 saturated heterocycles. The number of aromatic nitrogens is 1. The molecule has 0 bridgehead atoms. The van der Waals surface area contributed by atoms with Gasteiger partial charge in [-0.25, -0.2) is 4.79 Å². The highest BCUT2D eigenvalue weighted by Gasteiger charge is 2.26. The van der Waals surface area contributed by atoms with Crippen LogP contribution in [0.3, 0.4) is 0 Å². The maximum atomic E-state index is 12.8. The van der Waals surface area contributed by atoms with Gasteiger partial charge in [-0.1, -0.05) is 43.0 Å². The Labute approximate surface area is 175 Å². The molecule has 3 aromatic rings. The number of nitrogens with zero attached hydrogens (tertiary/aromatic N) is 1. The summed E-state index contributed by atoms with van der Waals surface area (Å²) in [7, 11) is 0. The van der Waals surface area contributed by atoms with Gasteiger partial charge in [0.15, 0.2) is 5.75 Å². The number of fused-ring (bicyclic) bond motifs is 2. The molecule has 2 aromatic carbocycles. The van der Waals surface area contributed by atoms with Gasteiger partial charge in [-0.2, -0.15) is 0 Å². The van der Waals surface area contributed by atoms with Gasteiger partial charge in [0.2, 0.25) is 5.91 Å². The van der Waals surface area contributed by atoms with Gasteiger partial charge in [0.1, 0.15) is 11.7 Å². The number of hydrogen-bond acceptors (Lipinski definition) is 4. The van der Waals surface area contributed by atoms with Gasteiger partial charge in [-0.15, -0.1) is 0 Å². The van der Waals surface area contributed by atoms with Crippen molar-refractivity contribution in [3.8, 4) is 16.9 Å². The van der Waals surface area contributed by atoms with E-state index in [0.717, 1.165) is 22.0 Å². The van der Waals surface area contributed by atoms with Crippen molar-refractivity contribution in [3.63, 3.8) is 0 Å². The number of benzene rings is 2. The summed E-state index contributed by atoms with van der Waals surface area (Å²) in [6.45, 7) is 9.28. The Kier molecular flexibility index (Phi) is 4.86. The Morgan fingerprint density at radius 1 is 1.20 bits per heavy atom. The molecule has 1 amide bonds. The highest BCUT2D eigenvalue weighted by atomic mass is 16.6. The number of rotatable bonds is 2. The fourth-order valence-electron chi connectivity index (χ4n) is 3.54. The molecule has 1 aliphatic rings. The van der Waals surface area contributed by atoms with Crippen LogP contribution in [0.2, 0.25) is 0 Å². The van der Waals surface area contributed by atoms with Crippen LogP contribution in [-0.4, -0.2) is 28.3 Å². The number of nitrogens with one attached hydrogen (secondary N) is 1. The van der Waals surface area contributed by atoms with Crippen molar-refractivity contribution in [1.82, 2.24) is 4.57 Å². The summed E-state index contributed by atoms with van der Waals surface area (Å²) in [6.07, 6.45) is 2.68. The van der Waals surface area contributed by atoms with Gasteiger partial charge >= 0.3 is 6.09 Å². The number of anilines is 1. The zero-order chi connectivity index (χ0) is 21.5. The molecule has 0 aliphatic carbocycles. The summed E-state index contributed by atoms with van der Waals surface area (Å²) < 4.78 is 13.2. The van der Waals surface area contributed by atoms with Crippen molar-refractivity contribution < 1.29 is 19.1 Å². The fraction of sp³-hybridized carbons (Fsp3) is 0.250. The first-order valence-corrected chi connectivity index (χ1v) is 9.83. The Morgan fingerprint density at radius 2 is 1.97 bits per heavy atom. The van der Waals surface area contributed by atoms with E-state index < -0.39 is 17.8 Å². The fourth-order valence-corrected chi connectivity index (χ4v) is 3.54. The van der Waals surface area contributed by atoms with E-state index in [1.807, 2.05) is 57.2 Å². The highest BCUT2D eigenvalue weighted by molar-refractivity contribution is 6.03. The SMILES string of the molecule is C=C[C@@H]1CC(=O)Nc2cccc(-c3cn(C(=O)OC(C)(C)C)c4ccccc34)c2O1. The Morgan fingerprint density at radius 3 is 2.70 bits per heavy atom. The number of para-hydroxylation sites is 2. The largest absolute Gasteiger partial charge is 0.483 e. The lowest BCUT2D eigenvalue weighted by Crippen LogP contribution is -2.26. The second kappa shape index (κ2) is 7.37. The maximum Gasteiger partial charge on any atom is 0.419 e. The molecule has 0 spiro atoms. The zero-order valence-electron chi connectivity index (χ0n) is 17.3. The van der Waals surface area contributed by atoms with E-state index in [9.17, 15) is 9.59 Å². The summed E-state index contributed by atoms with van der Waals surface area (Å²) in [4.78, 5) is 25.0. The van der Waals surface area contributed by atoms with Gasteiger partial charge in [0.05, 0.1) is 17.6 Å². The number of hydrogen-bond donors (Lipinski definition) is 1. The molecule has 2 heterocycles. The van der Waals surface area contributed by atoms with Gasteiger partial charge in [0, 0.05) is 22.7 Å². The smallest absolute Gasteiger partial charge is 0.419 e. The number of amides is 1. The average molecular weight is 404 g/mol. The molecule has 6 nitrogen and oxygen atoms in total. The second-order valence-corrected chi connectivity index (χ2v) is 8.24. The van der Waals surface area contributed by atoms with Crippen LogP contribution in [0.5, 0.6) is 5.75 Å². The normalized spacial score (nSPS) is 16.2. The van der Waals surface area contributed by atoms with Crippen molar-refractivity contribution in [1.29, 1.82) is 0 Å². The van der Waals surface area contributed by atoms with Crippen LogP contribution in [0.1, 0.15) is 27.2 Å². The Balaban J connectivity index is 1.90.